The fourth-order valence-electron chi connectivity index (χ4n) is 0.730. The third kappa shape index (κ3) is 1.12. The van der Waals surface area contributed by atoms with Gasteiger partial charge in [0.05, 0.1) is 5.76 Å². The van der Waals surface area contributed by atoms with E-state index in [-0.39, 0.29) is 0 Å². The maximum Gasteiger partial charge on any atom is 0.0925 e. The summed E-state index contributed by atoms with van der Waals surface area (Å²) in [5, 5.41) is 8.84. The third-order valence-electron chi connectivity index (χ3n) is 1.34. The molecule has 0 atom stereocenters. The Kier molecular flexibility index (Phi) is 1.38. The molecule has 0 aromatic rings. The van der Waals surface area contributed by atoms with Crippen molar-refractivity contribution in [1.29, 1.82) is 0 Å². The minimum atomic E-state index is 0.510. The molecule has 0 saturated carbocycles. The van der Waals surface area contributed by atoms with Crippen LogP contribution in [0.25, 0.3) is 0 Å². The van der Waals surface area contributed by atoms with Gasteiger partial charge < -0.3 is 5.11 Å². The molecule has 0 spiro atoms. The molecule has 0 unspecified atom stereocenters. The van der Waals surface area contributed by atoms with Crippen LogP contribution in [0.3, 0.4) is 0 Å². The van der Waals surface area contributed by atoms with Gasteiger partial charge in [0.2, 0.25) is 0 Å². The monoisotopic (exact) mass is 110 g/mol. The summed E-state index contributed by atoms with van der Waals surface area (Å²) in [4.78, 5) is 0. The summed E-state index contributed by atoms with van der Waals surface area (Å²) in [5.74, 6) is 0.510. The molecule has 0 radical (unpaired) electrons. The van der Waals surface area contributed by atoms with Gasteiger partial charge in [0, 0.05) is 6.42 Å². The van der Waals surface area contributed by atoms with Gasteiger partial charge in [0.1, 0.15) is 0 Å². The third-order valence-corrected chi connectivity index (χ3v) is 1.34. The van der Waals surface area contributed by atoms with Crippen LogP contribution in [-0.2, 0) is 0 Å². The maximum absolute atomic E-state index is 8.84. The summed E-state index contributed by atoms with van der Waals surface area (Å²) in [7, 11) is 0. The largest absolute Gasteiger partial charge is 0.512 e. The van der Waals surface area contributed by atoms with Crippen LogP contribution >= 0.6 is 0 Å². The van der Waals surface area contributed by atoms with E-state index < -0.39 is 0 Å². The van der Waals surface area contributed by atoms with Crippen molar-refractivity contribution in [1.82, 2.24) is 0 Å². The number of allylic oxidation sites excluding steroid dienone is 4. The van der Waals surface area contributed by atoms with Crippen LogP contribution in [0.4, 0.5) is 0 Å². The molecule has 8 heavy (non-hydrogen) atoms. The van der Waals surface area contributed by atoms with E-state index in [2.05, 4.69) is 6.92 Å². The van der Waals surface area contributed by atoms with Crippen molar-refractivity contribution >= 4 is 0 Å². The van der Waals surface area contributed by atoms with Crippen molar-refractivity contribution in [3.63, 3.8) is 0 Å². The molecule has 0 aliphatic heterocycles. The molecule has 0 amide bonds. The molecule has 1 N–H and O–H groups in total. The molecule has 0 fully saturated rings. The SMILES string of the molecule is CC1=CC=C(O)CC1. The van der Waals surface area contributed by atoms with Gasteiger partial charge in [-0.2, -0.15) is 0 Å². The molecule has 1 aliphatic rings. The molecule has 1 rings (SSSR count). The van der Waals surface area contributed by atoms with E-state index in [1.807, 2.05) is 6.08 Å². The molecule has 0 saturated heterocycles. The van der Waals surface area contributed by atoms with E-state index in [9.17, 15) is 0 Å². The molecular formula is C7H10O. The predicted molar refractivity (Wildman–Crippen MR) is 33.7 cm³/mol. The second-order valence-electron chi connectivity index (χ2n) is 2.17. The van der Waals surface area contributed by atoms with Crippen molar-refractivity contribution in [3.05, 3.63) is 23.5 Å². The Balaban J connectivity index is 2.65. The van der Waals surface area contributed by atoms with E-state index in [0.717, 1.165) is 12.8 Å². The average Bonchev–Trinajstić information content (AvgIpc) is 1.77. The molecule has 44 valence electrons. The normalized spacial score (nSPS) is 19.6. The van der Waals surface area contributed by atoms with Gasteiger partial charge in [0.15, 0.2) is 0 Å². The molecule has 1 heteroatoms. The standard InChI is InChI=1S/C7H10O/c1-6-2-4-7(8)5-3-6/h2,4,8H,3,5H2,1H3. The second kappa shape index (κ2) is 2.03. The van der Waals surface area contributed by atoms with Gasteiger partial charge in [-0.15, -0.1) is 0 Å². The van der Waals surface area contributed by atoms with Crippen molar-refractivity contribution in [2.45, 2.75) is 19.8 Å². The molecule has 0 aromatic carbocycles. The lowest BCUT2D eigenvalue weighted by molar-refractivity contribution is 0.386. The lowest BCUT2D eigenvalue weighted by Crippen LogP contribution is -1.88. The highest BCUT2D eigenvalue weighted by atomic mass is 16.3. The van der Waals surface area contributed by atoms with Crippen LogP contribution in [0.5, 0.6) is 0 Å². The summed E-state index contributed by atoms with van der Waals surface area (Å²) < 4.78 is 0. The first-order valence-corrected chi connectivity index (χ1v) is 2.84. The highest BCUT2D eigenvalue weighted by Crippen LogP contribution is 2.14. The Labute approximate surface area is 49.3 Å². The van der Waals surface area contributed by atoms with Crippen LogP contribution in [-0.4, -0.2) is 5.11 Å². The zero-order chi connectivity index (χ0) is 5.98. The van der Waals surface area contributed by atoms with E-state index in [1.165, 1.54) is 5.57 Å². The Hall–Kier alpha value is -0.720. The van der Waals surface area contributed by atoms with Gasteiger partial charge in [-0.05, 0) is 19.4 Å². The van der Waals surface area contributed by atoms with Crippen molar-refractivity contribution in [2.75, 3.05) is 0 Å². The Morgan fingerprint density at radius 1 is 1.38 bits per heavy atom. The van der Waals surface area contributed by atoms with Gasteiger partial charge in [0.25, 0.3) is 0 Å². The number of hydrogen-bond acceptors (Lipinski definition) is 1. The molecular weight excluding hydrogens is 100 g/mol. The smallest absolute Gasteiger partial charge is 0.0925 e. The average molecular weight is 110 g/mol. The minimum Gasteiger partial charge on any atom is -0.512 e. The molecule has 0 aromatic heterocycles. The summed E-state index contributed by atoms with van der Waals surface area (Å²) >= 11 is 0. The Morgan fingerprint density at radius 3 is 2.50 bits per heavy atom. The van der Waals surface area contributed by atoms with Crippen molar-refractivity contribution in [2.24, 2.45) is 0 Å². The predicted octanol–water partition coefficient (Wildman–Crippen LogP) is 2.17. The topological polar surface area (TPSA) is 20.2 Å². The van der Waals surface area contributed by atoms with E-state index in [1.54, 1.807) is 6.08 Å². The van der Waals surface area contributed by atoms with Crippen LogP contribution in [0.15, 0.2) is 23.5 Å². The number of hydrogen-bond donors (Lipinski definition) is 1. The summed E-state index contributed by atoms with van der Waals surface area (Å²) in [6.45, 7) is 2.07. The van der Waals surface area contributed by atoms with E-state index in [4.69, 9.17) is 5.11 Å². The molecule has 1 aliphatic carbocycles. The fourth-order valence-corrected chi connectivity index (χ4v) is 0.730. The molecule has 0 heterocycles. The minimum absolute atomic E-state index is 0.510. The summed E-state index contributed by atoms with van der Waals surface area (Å²) in [5.41, 5.74) is 1.35. The van der Waals surface area contributed by atoms with Crippen molar-refractivity contribution < 1.29 is 5.11 Å². The van der Waals surface area contributed by atoms with Gasteiger partial charge in [-0.3, -0.25) is 0 Å². The van der Waals surface area contributed by atoms with Crippen LogP contribution in [0.1, 0.15) is 19.8 Å². The molecule has 0 bridgehead atoms. The zero-order valence-electron chi connectivity index (χ0n) is 5.02. The maximum atomic E-state index is 8.84. The van der Waals surface area contributed by atoms with Gasteiger partial charge in [-0.25, -0.2) is 0 Å². The quantitative estimate of drug-likeness (QED) is 0.506. The van der Waals surface area contributed by atoms with Gasteiger partial charge in [-0.1, -0.05) is 11.6 Å². The highest BCUT2D eigenvalue weighted by molar-refractivity contribution is 5.18. The summed E-state index contributed by atoms with van der Waals surface area (Å²) in [6, 6.07) is 0. The Bertz CT molecular complexity index is 124. The van der Waals surface area contributed by atoms with E-state index in [0.29, 0.717) is 5.76 Å². The number of rotatable bonds is 0. The highest BCUT2D eigenvalue weighted by Gasteiger charge is 1.98. The van der Waals surface area contributed by atoms with Crippen LogP contribution in [0, 0.1) is 0 Å². The van der Waals surface area contributed by atoms with Crippen LogP contribution in [0.2, 0.25) is 0 Å². The van der Waals surface area contributed by atoms with Crippen LogP contribution < -0.4 is 0 Å². The van der Waals surface area contributed by atoms with Crippen molar-refractivity contribution in [3.8, 4) is 0 Å². The first-order valence-electron chi connectivity index (χ1n) is 2.84. The lowest BCUT2D eigenvalue weighted by Gasteiger charge is -2.04. The zero-order valence-corrected chi connectivity index (χ0v) is 5.02. The lowest BCUT2D eigenvalue weighted by atomic mass is 10.1. The first kappa shape index (κ1) is 5.42. The van der Waals surface area contributed by atoms with Gasteiger partial charge >= 0.3 is 0 Å². The number of aliphatic hydroxyl groups is 1. The second-order valence-corrected chi connectivity index (χ2v) is 2.17. The summed E-state index contributed by atoms with van der Waals surface area (Å²) in [6.07, 6.45) is 5.56. The number of aliphatic hydroxyl groups excluding tert-OH is 1. The Morgan fingerprint density at radius 2 is 2.12 bits per heavy atom. The molecule has 1 nitrogen and oxygen atoms in total. The van der Waals surface area contributed by atoms with E-state index >= 15 is 0 Å². The fraction of sp³-hybridized carbons (Fsp3) is 0.429. The first-order chi connectivity index (χ1) is 3.79.